The number of hydrogen-bond donors (Lipinski definition) is 4. The number of carboxylic acid groups (broad SMARTS) is 2. The van der Waals surface area contributed by atoms with Gasteiger partial charge >= 0.3 is 11.9 Å². The quantitative estimate of drug-likeness (QED) is 0.225. The predicted molar refractivity (Wildman–Crippen MR) is 152 cm³/mol. The molecule has 0 saturated heterocycles. The molecule has 0 aliphatic rings. The van der Waals surface area contributed by atoms with E-state index in [4.69, 9.17) is 25.2 Å². The van der Waals surface area contributed by atoms with E-state index < -0.39 is 18.0 Å². The summed E-state index contributed by atoms with van der Waals surface area (Å²) in [7, 11) is 0. The molecule has 0 aliphatic carbocycles. The van der Waals surface area contributed by atoms with E-state index in [2.05, 4.69) is 0 Å². The van der Waals surface area contributed by atoms with E-state index in [1.165, 1.54) is 0 Å². The maximum Gasteiger partial charge on any atom is 0.336 e. The maximum absolute atomic E-state index is 11.0. The number of aromatic carboxylic acids is 2. The van der Waals surface area contributed by atoms with Gasteiger partial charge in [0, 0.05) is 0 Å². The van der Waals surface area contributed by atoms with Crippen LogP contribution in [0.1, 0.15) is 34.6 Å². The molecule has 7 nitrogen and oxygen atoms in total. The molecular weight excluding hydrogens is 496 g/mol. The number of rotatable bonds is 8. The van der Waals surface area contributed by atoms with Crippen LogP contribution in [0, 0.1) is 0 Å². The number of aliphatic hydroxyl groups excluding tert-OH is 2. The van der Waals surface area contributed by atoms with Crippen molar-refractivity contribution >= 4 is 11.9 Å². The van der Waals surface area contributed by atoms with Crippen LogP contribution in [-0.2, 0) is 4.74 Å². The summed E-state index contributed by atoms with van der Waals surface area (Å²) < 4.78 is 4.95. The van der Waals surface area contributed by atoms with Gasteiger partial charge in [-0.05, 0) is 48.2 Å². The van der Waals surface area contributed by atoms with Gasteiger partial charge in [0.1, 0.15) is 0 Å². The van der Waals surface area contributed by atoms with E-state index in [1.807, 2.05) is 84.9 Å². The number of benzene rings is 4. The van der Waals surface area contributed by atoms with Crippen molar-refractivity contribution in [3.8, 4) is 22.3 Å². The molecule has 204 valence electrons. The Morgan fingerprint density at radius 1 is 0.641 bits per heavy atom. The molecule has 2 atom stereocenters. The van der Waals surface area contributed by atoms with E-state index in [0.29, 0.717) is 17.7 Å². The van der Waals surface area contributed by atoms with Gasteiger partial charge in [0.15, 0.2) is 0 Å². The number of ether oxygens (including phenoxy) is 1. The lowest BCUT2D eigenvalue weighted by atomic mass is 10.00. The highest BCUT2D eigenvalue weighted by Crippen LogP contribution is 2.24. The molecule has 0 heterocycles. The molecule has 0 amide bonds. The van der Waals surface area contributed by atoms with Gasteiger partial charge in [-0.15, -0.1) is 0 Å². The summed E-state index contributed by atoms with van der Waals surface area (Å²) in [6.07, 6.45) is -0.612. The fourth-order valence-electron chi connectivity index (χ4n) is 3.43. The van der Waals surface area contributed by atoms with Crippen LogP contribution in [0.3, 0.4) is 0 Å². The van der Waals surface area contributed by atoms with Gasteiger partial charge in [0.2, 0.25) is 0 Å². The van der Waals surface area contributed by atoms with Crippen molar-refractivity contribution in [2.45, 2.75) is 26.1 Å². The molecule has 7 heteroatoms. The summed E-state index contributed by atoms with van der Waals surface area (Å²) >= 11 is 0. The summed E-state index contributed by atoms with van der Waals surface area (Å²) in [6.45, 7) is 3.70. The molecule has 0 spiro atoms. The van der Waals surface area contributed by atoms with E-state index >= 15 is 0 Å². The first kappa shape index (κ1) is 30.9. The van der Waals surface area contributed by atoms with Gasteiger partial charge in [-0.3, -0.25) is 0 Å². The first-order valence-corrected chi connectivity index (χ1v) is 12.4. The van der Waals surface area contributed by atoms with Gasteiger partial charge in [-0.1, -0.05) is 97.1 Å². The van der Waals surface area contributed by atoms with Crippen LogP contribution in [0.2, 0.25) is 0 Å². The molecule has 0 bridgehead atoms. The van der Waals surface area contributed by atoms with Gasteiger partial charge < -0.3 is 25.2 Å². The van der Waals surface area contributed by atoms with Gasteiger partial charge in [-0.2, -0.15) is 0 Å². The summed E-state index contributed by atoms with van der Waals surface area (Å²) in [5, 5.41) is 35.2. The molecule has 2 unspecified atom stereocenters. The monoisotopic (exact) mass is 530 g/mol. The van der Waals surface area contributed by atoms with Gasteiger partial charge in [-0.25, -0.2) is 9.59 Å². The average molecular weight is 531 g/mol. The minimum atomic E-state index is -0.894. The van der Waals surface area contributed by atoms with Crippen LogP contribution in [0.15, 0.2) is 109 Å². The normalized spacial score (nSPS) is 11.6. The Labute approximate surface area is 228 Å². The number of aliphatic hydroxyl groups is 2. The minimum absolute atomic E-state index is 0.00667. The smallest absolute Gasteiger partial charge is 0.336 e. The topological polar surface area (TPSA) is 124 Å². The zero-order valence-electron chi connectivity index (χ0n) is 22.0. The summed E-state index contributed by atoms with van der Waals surface area (Å²) in [6, 6.07) is 33.0. The fraction of sp³-hybridized carbons (Fsp3) is 0.188. The van der Waals surface area contributed by atoms with E-state index in [0.717, 1.165) is 22.3 Å². The highest BCUT2D eigenvalue weighted by molar-refractivity contribution is 5.96. The van der Waals surface area contributed by atoms with E-state index in [-0.39, 0.29) is 12.7 Å². The lowest BCUT2D eigenvalue weighted by Crippen LogP contribution is -2.19. The molecule has 39 heavy (non-hydrogen) atoms. The summed E-state index contributed by atoms with van der Waals surface area (Å²) in [5.74, 6) is -1.79. The van der Waals surface area contributed by atoms with Gasteiger partial charge in [0.05, 0.1) is 36.5 Å². The molecule has 0 fully saturated rings. The Balaban J connectivity index is 0.000000213. The first-order valence-electron chi connectivity index (χ1n) is 12.4. The Morgan fingerprint density at radius 3 is 1.33 bits per heavy atom. The molecule has 4 aromatic carbocycles. The van der Waals surface area contributed by atoms with Crippen LogP contribution >= 0.6 is 0 Å². The van der Waals surface area contributed by atoms with Crippen molar-refractivity contribution in [2.75, 3.05) is 13.2 Å². The molecule has 4 rings (SSSR count). The molecule has 0 saturated carbocycles. The molecule has 0 radical (unpaired) electrons. The van der Waals surface area contributed by atoms with Crippen molar-refractivity contribution in [2.24, 2.45) is 0 Å². The predicted octanol–water partition coefficient (Wildman–Crippen LogP) is 5.87. The van der Waals surface area contributed by atoms with Crippen molar-refractivity contribution in [3.05, 3.63) is 120 Å². The third-order valence-electron chi connectivity index (χ3n) is 5.36. The summed E-state index contributed by atoms with van der Waals surface area (Å²) in [5.41, 5.74) is 4.04. The fourth-order valence-corrected chi connectivity index (χ4v) is 3.43. The maximum atomic E-state index is 11.0. The highest BCUT2D eigenvalue weighted by atomic mass is 16.5. The molecule has 4 aromatic rings. The second-order valence-electron chi connectivity index (χ2n) is 8.61. The zero-order chi connectivity index (χ0) is 28.6. The summed E-state index contributed by atoms with van der Waals surface area (Å²) in [4.78, 5) is 22.0. The Morgan fingerprint density at radius 2 is 1.00 bits per heavy atom. The lowest BCUT2D eigenvalue weighted by Gasteiger charge is -2.10. The lowest BCUT2D eigenvalue weighted by molar-refractivity contribution is -0.0177. The second kappa shape index (κ2) is 16.5. The Hall–Kier alpha value is -4.30. The largest absolute Gasteiger partial charge is 0.478 e. The molecule has 0 aliphatic heterocycles. The van der Waals surface area contributed by atoms with Crippen LogP contribution < -0.4 is 0 Å². The minimum Gasteiger partial charge on any atom is -0.478 e. The third-order valence-corrected chi connectivity index (χ3v) is 5.36. The zero-order valence-corrected chi connectivity index (χ0v) is 22.0. The highest BCUT2D eigenvalue weighted by Gasteiger charge is 2.10. The first-order chi connectivity index (χ1) is 18.7. The van der Waals surface area contributed by atoms with Crippen molar-refractivity contribution in [1.29, 1.82) is 0 Å². The Kier molecular flexibility index (Phi) is 13.1. The van der Waals surface area contributed by atoms with E-state index in [1.54, 1.807) is 38.1 Å². The van der Waals surface area contributed by atoms with E-state index in [9.17, 15) is 9.59 Å². The van der Waals surface area contributed by atoms with Crippen LogP contribution in [0.4, 0.5) is 0 Å². The Bertz CT molecular complexity index is 1200. The van der Waals surface area contributed by atoms with Crippen LogP contribution in [-0.4, -0.2) is 57.8 Å². The molecule has 0 aromatic heterocycles. The SMILES string of the molecule is CC(O)COC(C)CO.O=C(O)c1ccccc1-c1ccccc1.O=C(O)c1ccccc1-c1ccccc1. The molecular formula is C32H34O7. The van der Waals surface area contributed by atoms with Crippen LogP contribution in [0.25, 0.3) is 22.3 Å². The molecule has 4 N–H and O–H groups in total. The standard InChI is InChI=1S/2C13H10O2.C6H14O3/c2*14-13(15)12-9-5-4-8-11(12)10-6-2-1-3-7-10;1-5(8)4-9-6(2)3-7/h2*1-9H,(H,14,15);5-8H,3-4H2,1-2H3. The van der Waals surface area contributed by atoms with Gasteiger partial charge in [0.25, 0.3) is 0 Å². The van der Waals surface area contributed by atoms with Crippen molar-refractivity contribution in [3.63, 3.8) is 0 Å². The van der Waals surface area contributed by atoms with Crippen molar-refractivity contribution in [1.82, 2.24) is 0 Å². The number of hydrogen-bond acceptors (Lipinski definition) is 5. The average Bonchev–Trinajstić information content (AvgIpc) is 2.97. The van der Waals surface area contributed by atoms with Crippen molar-refractivity contribution < 1.29 is 34.8 Å². The number of carbonyl (C=O) groups is 2. The van der Waals surface area contributed by atoms with Crippen LogP contribution in [0.5, 0.6) is 0 Å². The second-order valence-corrected chi connectivity index (χ2v) is 8.61. The number of carboxylic acids is 2. The third kappa shape index (κ3) is 10.5.